The van der Waals surface area contributed by atoms with E-state index in [1.807, 2.05) is 0 Å². The topological polar surface area (TPSA) is 299 Å². The lowest BCUT2D eigenvalue weighted by Gasteiger charge is -2.25. The van der Waals surface area contributed by atoms with Gasteiger partial charge in [-0.15, -0.1) is 0 Å². The van der Waals surface area contributed by atoms with E-state index < -0.39 is 66.4 Å². The van der Waals surface area contributed by atoms with Crippen LogP contribution in [-0.2, 0) is 24.0 Å². The summed E-state index contributed by atoms with van der Waals surface area (Å²) in [5.74, 6) is -5.31. The molecule has 0 aliphatic carbocycles. The molecule has 0 aromatic heterocycles. The van der Waals surface area contributed by atoms with Crippen LogP contribution in [0.2, 0.25) is 0 Å². The van der Waals surface area contributed by atoms with Gasteiger partial charge in [0.1, 0.15) is 24.2 Å². The molecule has 3 amide bonds. The van der Waals surface area contributed by atoms with Crippen molar-refractivity contribution < 1.29 is 39.3 Å². The van der Waals surface area contributed by atoms with Gasteiger partial charge in [-0.25, -0.2) is 4.79 Å². The zero-order valence-corrected chi connectivity index (χ0v) is 20.9. The van der Waals surface area contributed by atoms with Crippen LogP contribution in [0.5, 0.6) is 0 Å². The molecular formula is C21H40N8O8. The fourth-order valence-electron chi connectivity index (χ4n) is 3.09. The molecular weight excluding hydrogens is 492 g/mol. The average Bonchev–Trinajstić information content (AvgIpc) is 2.81. The molecule has 14 N–H and O–H groups in total. The third kappa shape index (κ3) is 14.6. The predicted molar refractivity (Wildman–Crippen MR) is 133 cm³/mol. The maximum Gasteiger partial charge on any atom is 0.326 e. The van der Waals surface area contributed by atoms with Crippen LogP contribution in [0.1, 0.15) is 51.9 Å². The number of nitrogens with one attached hydrogen (secondary N) is 3. The molecule has 16 nitrogen and oxygen atoms in total. The average molecular weight is 533 g/mol. The lowest BCUT2D eigenvalue weighted by atomic mass is 10.0. The quantitative estimate of drug-likeness (QED) is 0.0436. The van der Waals surface area contributed by atoms with E-state index in [0.29, 0.717) is 19.4 Å². The highest BCUT2D eigenvalue weighted by Gasteiger charge is 2.31. The Bertz CT molecular complexity index is 803. The van der Waals surface area contributed by atoms with Crippen molar-refractivity contribution in [2.24, 2.45) is 27.9 Å². The second kappa shape index (κ2) is 17.9. The molecule has 16 heteroatoms. The zero-order chi connectivity index (χ0) is 28.5. The minimum atomic E-state index is -1.41. The zero-order valence-electron chi connectivity index (χ0n) is 20.9. The van der Waals surface area contributed by atoms with Gasteiger partial charge < -0.3 is 54.2 Å². The van der Waals surface area contributed by atoms with Crippen molar-refractivity contribution in [1.29, 1.82) is 0 Å². The van der Waals surface area contributed by atoms with Crippen molar-refractivity contribution in [3.05, 3.63) is 0 Å². The summed E-state index contributed by atoms with van der Waals surface area (Å²) in [4.78, 5) is 64.6. The second-order valence-electron chi connectivity index (χ2n) is 8.45. The molecule has 0 aromatic carbocycles. The van der Waals surface area contributed by atoms with E-state index in [9.17, 15) is 34.2 Å². The summed E-state index contributed by atoms with van der Waals surface area (Å²) in [5.41, 5.74) is 21.6. The predicted octanol–water partition coefficient (Wildman–Crippen LogP) is -3.72. The van der Waals surface area contributed by atoms with E-state index in [0.717, 1.165) is 0 Å². The van der Waals surface area contributed by atoms with Crippen molar-refractivity contribution in [2.75, 3.05) is 13.1 Å². The van der Waals surface area contributed by atoms with Gasteiger partial charge in [-0.05, 0) is 52.0 Å². The number of aliphatic imine (C=N–C) groups is 1. The molecule has 37 heavy (non-hydrogen) atoms. The van der Waals surface area contributed by atoms with E-state index in [1.165, 1.54) is 6.92 Å². The summed E-state index contributed by atoms with van der Waals surface area (Å²) in [6, 6.07) is -5.28. The monoisotopic (exact) mass is 532 g/mol. The Morgan fingerprint density at radius 2 is 1.32 bits per heavy atom. The van der Waals surface area contributed by atoms with Crippen molar-refractivity contribution in [2.45, 2.75) is 82.1 Å². The van der Waals surface area contributed by atoms with E-state index in [1.54, 1.807) is 0 Å². The summed E-state index contributed by atoms with van der Waals surface area (Å²) >= 11 is 0. The molecule has 0 bridgehead atoms. The molecule has 5 atom stereocenters. The van der Waals surface area contributed by atoms with Crippen LogP contribution in [0.3, 0.4) is 0 Å². The molecule has 0 saturated heterocycles. The van der Waals surface area contributed by atoms with Crippen LogP contribution >= 0.6 is 0 Å². The number of aliphatic hydroxyl groups excluding tert-OH is 1. The fourth-order valence-corrected chi connectivity index (χ4v) is 3.09. The molecule has 0 aromatic rings. The van der Waals surface area contributed by atoms with Crippen LogP contribution in [0.4, 0.5) is 0 Å². The summed E-state index contributed by atoms with van der Waals surface area (Å²) in [6.07, 6.45) is -0.784. The number of hydrogen-bond acceptors (Lipinski definition) is 9. The van der Waals surface area contributed by atoms with E-state index >= 15 is 0 Å². The number of unbranched alkanes of at least 4 members (excludes halogenated alkanes) is 1. The lowest BCUT2D eigenvalue weighted by Crippen LogP contribution is -2.58. The Kier molecular flexibility index (Phi) is 16.2. The number of aliphatic hydroxyl groups is 1. The highest BCUT2D eigenvalue weighted by molar-refractivity contribution is 5.94. The first-order chi connectivity index (χ1) is 17.3. The van der Waals surface area contributed by atoms with Gasteiger partial charge in [0.25, 0.3) is 0 Å². The Morgan fingerprint density at radius 1 is 0.811 bits per heavy atom. The van der Waals surface area contributed by atoms with Crippen LogP contribution in [0.25, 0.3) is 0 Å². The number of rotatable bonds is 19. The van der Waals surface area contributed by atoms with Gasteiger partial charge in [-0.2, -0.15) is 0 Å². The second-order valence-corrected chi connectivity index (χ2v) is 8.45. The summed E-state index contributed by atoms with van der Waals surface area (Å²) in [5, 5.41) is 35.1. The molecule has 0 spiro atoms. The molecule has 0 rings (SSSR count). The fraction of sp³-hybridized carbons (Fsp3) is 0.714. The number of guanidine groups is 1. The summed E-state index contributed by atoms with van der Waals surface area (Å²) < 4.78 is 0. The number of hydrogen-bond donors (Lipinski definition) is 10. The number of aliphatic carboxylic acids is 2. The van der Waals surface area contributed by atoms with Gasteiger partial charge in [-0.3, -0.25) is 24.2 Å². The van der Waals surface area contributed by atoms with Crippen LogP contribution < -0.4 is 38.9 Å². The summed E-state index contributed by atoms with van der Waals surface area (Å²) in [6.45, 7) is 1.75. The Balaban J connectivity index is 5.64. The number of carbonyl (C=O) groups is 5. The first kappa shape index (κ1) is 33.5. The molecule has 0 aliphatic heterocycles. The molecule has 5 unspecified atom stereocenters. The van der Waals surface area contributed by atoms with Gasteiger partial charge in [0.15, 0.2) is 5.96 Å². The SMILES string of the molecule is CC(O)C(N)C(=O)NC(CCCN=C(N)N)C(=O)NC(CCC(=O)O)C(=O)NC(CCCCN)C(=O)O. The van der Waals surface area contributed by atoms with Crippen LogP contribution in [-0.4, -0.2) is 94.3 Å². The molecule has 0 radical (unpaired) electrons. The first-order valence-electron chi connectivity index (χ1n) is 11.8. The minimum Gasteiger partial charge on any atom is -0.481 e. The van der Waals surface area contributed by atoms with E-state index in [2.05, 4.69) is 20.9 Å². The van der Waals surface area contributed by atoms with E-state index in [4.69, 9.17) is 28.0 Å². The van der Waals surface area contributed by atoms with Gasteiger partial charge in [0.2, 0.25) is 17.7 Å². The van der Waals surface area contributed by atoms with Crippen molar-refractivity contribution in [3.8, 4) is 0 Å². The highest BCUT2D eigenvalue weighted by Crippen LogP contribution is 2.07. The first-order valence-corrected chi connectivity index (χ1v) is 11.8. The Morgan fingerprint density at radius 3 is 1.81 bits per heavy atom. The maximum absolute atomic E-state index is 13.0. The van der Waals surface area contributed by atoms with Crippen molar-refractivity contribution >= 4 is 35.6 Å². The van der Waals surface area contributed by atoms with Crippen LogP contribution in [0.15, 0.2) is 4.99 Å². The number of carbonyl (C=O) groups excluding carboxylic acids is 3. The van der Waals surface area contributed by atoms with Crippen molar-refractivity contribution in [3.63, 3.8) is 0 Å². The number of nitrogens with zero attached hydrogens (tertiary/aromatic N) is 1. The lowest BCUT2D eigenvalue weighted by molar-refractivity contribution is -0.143. The van der Waals surface area contributed by atoms with Gasteiger partial charge in [0.05, 0.1) is 6.10 Å². The molecule has 212 valence electrons. The molecule has 0 heterocycles. The van der Waals surface area contributed by atoms with E-state index in [-0.39, 0.29) is 38.2 Å². The standard InChI is InChI=1S/C21H40N8O8/c1-11(30)16(23)19(35)28-12(6-4-10-26-21(24)25)17(33)27-13(7-8-15(31)32)18(34)29-14(20(36)37)5-2-3-9-22/h11-14,16,30H,2-10,22-23H2,1H3,(H,27,33)(H,28,35)(H,29,34)(H,31,32)(H,36,37)(H4,24,25,26). The van der Waals surface area contributed by atoms with Crippen LogP contribution in [0, 0.1) is 0 Å². The van der Waals surface area contributed by atoms with Gasteiger partial charge >= 0.3 is 11.9 Å². The van der Waals surface area contributed by atoms with Gasteiger partial charge in [-0.1, -0.05) is 0 Å². The third-order valence-corrected chi connectivity index (χ3v) is 5.24. The Hall–Kier alpha value is -3.50. The highest BCUT2D eigenvalue weighted by atomic mass is 16.4. The Labute approximate surface area is 214 Å². The number of carboxylic acids is 2. The number of nitrogens with two attached hydrogens (primary N) is 4. The van der Waals surface area contributed by atoms with Gasteiger partial charge in [0, 0.05) is 13.0 Å². The normalized spacial score (nSPS) is 14.8. The number of carboxylic acid groups (broad SMARTS) is 2. The van der Waals surface area contributed by atoms with Crippen molar-refractivity contribution in [1.82, 2.24) is 16.0 Å². The number of amides is 3. The largest absolute Gasteiger partial charge is 0.481 e. The molecule has 0 aliphatic rings. The minimum absolute atomic E-state index is 0.00495. The summed E-state index contributed by atoms with van der Waals surface area (Å²) in [7, 11) is 0. The smallest absolute Gasteiger partial charge is 0.326 e. The molecule has 0 saturated carbocycles. The molecule has 0 fully saturated rings. The maximum atomic E-state index is 13.0. The third-order valence-electron chi connectivity index (χ3n) is 5.24.